The Kier molecular flexibility index (Phi) is 5.67. The van der Waals surface area contributed by atoms with Gasteiger partial charge in [-0.05, 0) is 38.3 Å². The number of hydrogen-bond acceptors (Lipinski definition) is 6. The average molecular weight is 322 g/mol. The molecule has 2 aliphatic rings. The molecule has 0 saturated carbocycles. The molecule has 0 radical (unpaired) electrons. The summed E-state index contributed by atoms with van der Waals surface area (Å²) >= 11 is 0. The van der Waals surface area contributed by atoms with Gasteiger partial charge in [-0.25, -0.2) is 0 Å². The van der Waals surface area contributed by atoms with Crippen LogP contribution in [-0.4, -0.2) is 65.4 Å². The van der Waals surface area contributed by atoms with E-state index in [0.29, 0.717) is 18.1 Å². The summed E-state index contributed by atoms with van der Waals surface area (Å²) in [4.78, 5) is 9.59. The number of methoxy groups -OCH3 is 1. The predicted molar refractivity (Wildman–Crippen MR) is 88.1 cm³/mol. The van der Waals surface area contributed by atoms with Crippen LogP contribution in [0.1, 0.15) is 44.8 Å². The van der Waals surface area contributed by atoms with Gasteiger partial charge < -0.3 is 14.2 Å². The van der Waals surface area contributed by atoms with E-state index in [9.17, 15) is 0 Å². The van der Waals surface area contributed by atoms with Crippen molar-refractivity contribution in [2.75, 3.05) is 33.3 Å². The first kappa shape index (κ1) is 16.9. The molecule has 0 aromatic carbocycles. The van der Waals surface area contributed by atoms with Crippen LogP contribution in [0, 0.1) is 5.92 Å². The Bertz CT molecular complexity index is 485. The normalized spacial score (nSPS) is 26.6. The quantitative estimate of drug-likeness (QED) is 0.765. The molecule has 2 aliphatic heterocycles. The molecule has 1 aromatic heterocycles. The highest BCUT2D eigenvalue weighted by molar-refractivity contribution is 4.93. The largest absolute Gasteiger partial charge is 0.380 e. The molecule has 0 bridgehead atoms. The molecule has 6 nitrogen and oxygen atoms in total. The Morgan fingerprint density at radius 2 is 2.09 bits per heavy atom. The van der Waals surface area contributed by atoms with Gasteiger partial charge in [0.1, 0.15) is 0 Å². The van der Waals surface area contributed by atoms with Gasteiger partial charge in [0.2, 0.25) is 5.89 Å². The van der Waals surface area contributed by atoms with Gasteiger partial charge >= 0.3 is 0 Å². The van der Waals surface area contributed by atoms with Crippen molar-refractivity contribution in [3.05, 3.63) is 11.7 Å². The monoisotopic (exact) mass is 322 g/mol. The van der Waals surface area contributed by atoms with Gasteiger partial charge in [0, 0.05) is 32.7 Å². The number of rotatable bonds is 7. The molecular formula is C17H30N4O2. The molecule has 3 rings (SSSR count). The summed E-state index contributed by atoms with van der Waals surface area (Å²) < 4.78 is 11.1. The molecular weight excluding hydrogens is 292 g/mol. The van der Waals surface area contributed by atoms with Crippen molar-refractivity contribution in [3.63, 3.8) is 0 Å². The molecule has 0 amide bonds. The third-order valence-corrected chi connectivity index (χ3v) is 4.93. The fourth-order valence-electron chi connectivity index (χ4n) is 3.73. The van der Waals surface area contributed by atoms with E-state index in [1.165, 1.54) is 25.9 Å². The lowest BCUT2D eigenvalue weighted by molar-refractivity contribution is 0.105. The third-order valence-electron chi connectivity index (χ3n) is 4.93. The summed E-state index contributed by atoms with van der Waals surface area (Å²) in [7, 11) is 1.81. The van der Waals surface area contributed by atoms with E-state index >= 15 is 0 Å². The molecule has 2 saturated heterocycles. The van der Waals surface area contributed by atoms with Crippen molar-refractivity contribution >= 4 is 0 Å². The first-order valence-corrected chi connectivity index (χ1v) is 8.94. The SMILES string of the molecule is CO[C@H]1C[C@@H](CN2CCCC2)N(Cc2nc(CC(C)C)no2)C1. The molecule has 2 fully saturated rings. The van der Waals surface area contributed by atoms with Crippen LogP contribution in [0.25, 0.3) is 0 Å². The van der Waals surface area contributed by atoms with Gasteiger partial charge in [-0.1, -0.05) is 19.0 Å². The lowest BCUT2D eigenvalue weighted by atomic mass is 10.1. The van der Waals surface area contributed by atoms with Crippen molar-refractivity contribution in [3.8, 4) is 0 Å². The van der Waals surface area contributed by atoms with Crippen LogP contribution in [0.4, 0.5) is 0 Å². The maximum absolute atomic E-state index is 5.60. The van der Waals surface area contributed by atoms with Crippen LogP contribution >= 0.6 is 0 Å². The van der Waals surface area contributed by atoms with E-state index in [1.54, 1.807) is 0 Å². The fourth-order valence-corrected chi connectivity index (χ4v) is 3.73. The minimum Gasteiger partial charge on any atom is -0.380 e. The molecule has 6 heteroatoms. The zero-order chi connectivity index (χ0) is 16.2. The van der Waals surface area contributed by atoms with E-state index < -0.39 is 0 Å². The Balaban J connectivity index is 1.59. The van der Waals surface area contributed by atoms with Gasteiger partial charge in [0.25, 0.3) is 0 Å². The Labute approximate surface area is 139 Å². The number of hydrogen-bond donors (Lipinski definition) is 0. The molecule has 0 aliphatic carbocycles. The van der Waals surface area contributed by atoms with Crippen LogP contribution in [0.5, 0.6) is 0 Å². The molecule has 0 spiro atoms. The van der Waals surface area contributed by atoms with E-state index in [2.05, 4.69) is 33.8 Å². The van der Waals surface area contributed by atoms with E-state index in [-0.39, 0.29) is 0 Å². The summed E-state index contributed by atoms with van der Waals surface area (Å²) in [5.41, 5.74) is 0. The average Bonchev–Trinajstić information content (AvgIpc) is 3.22. The number of likely N-dealkylation sites (tertiary alicyclic amines) is 2. The summed E-state index contributed by atoms with van der Waals surface area (Å²) in [6.07, 6.45) is 4.97. The van der Waals surface area contributed by atoms with E-state index in [4.69, 9.17) is 9.26 Å². The van der Waals surface area contributed by atoms with Gasteiger partial charge in [0.05, 0.1) is 12.6 Å². The zero-order valence-electron chi connectivity index (χ0n) is 14.7. The van der Waals surface area contributed by atoms with E-state index in [0.717, 1.165) is 44.2 Å². The fraction of sp³-hybridized carbons (Fsp3) is 0.882. The zero-order valence-corrected chi connectivity index (χ0v) is 14.7. The maximum Gasteiger partial charge on any atom is 0.240 e. The number of nitrogens with zero attached hydrogens (tertiary/aromatic N) is 4. The number of aromatic nitrogens is 2. The van der Waals surface area contributed by atoms with E-state index in [1.807, 2.05) is 7.11 Å². The second-order valence-electron chi connectivity index (χ2n) is 7.39. The Morgan fingerprint density at radius 3 is 2.78 bits per heavy atom. The van der Waals surface area contributed by atoms with Crippen molar-refractivity contribution in [2.24, 2.45) is 5.92 Å². The smallest absolute Gasteiger partial charge is 0.240 e. The van der Waals surface area contributed by atoms with Crippen molar-refractivity contribution in [2.45, 2.75) is 58.2 Å². The van der Waals surface area contributed by atoms with Crippen LogP contribution < -0.4 is 0 Å². The Hall–Kier alpha value is -0.980. The summed E-state index contributed by atoms with van der Waals surface area (Å²) in [5.74, 6) is 2.12. The summed E-state index contributed by atoms with van der Waals surface area (Å²) in [6, 6.07) is 0.526. The molecule has 2 atom stereocenters. The lowest BCUT2D eigenvalue weighted by Gasteiger charge is -2.26. The maximum atomic E-state index is 5.60. The van der Waals surface area contributed by atoms with Gasteiger partial charge in [-0.2, -0.15) is 4.98 Å². The first-order chi connectivity index (χ1) is 11.1. The molecule has 23 heavy (non-hydrogen) atoms. The molecule has 1 aromatic rings. The second kappa shape index (κ2) is 7.73. The lowest BCUT2D eigenvalue weighted by Crippen LogP contribution is -2.39. The Morgan fingerprint density at radius 1 is 1.30 bits per heavy atom. The minimum atomic E-state index is 0.320. The highest BCUT2D eigenvalue weighted by atomic mass is 16.5. The highest BCUT2D eigenvalue weighted by Gasteiger charge is 2.34. The van der Waals surface area contributed by atoms with Crippen molar-refractivity contribution in [1.82, 2.24) is 19.9 Å². The summed E-state index contributed by atoms with van der Waals surface area (Å²) in [6.45, 7) is 9.65. The third kappa shape index (κ3) is 4.52. The van der Waals surface area contributed by atoms with Crippen molar-refractivity contribution in [1.29, 1.82) is 0 Å². The minimum absolute atomic E-state index is 0.320. The molecule has 0 N–H and O–H groups in total. The van der Waals surface area contributed by atoms with Crippen LogP contribution in [0.3, 0.4) is 0 Å². The first-order valence-electron chi connectivity index (χ1n) is 8.94. The van der Waals surface area contributed by atoms with Crippen LogP contribution in [-0.2, 0) is 17.7 Å². The standard InChI is InChI=1S/C17H30N4O2/c1-13(2)8-16-18-17(23-19-16)12-21-11-15(22-3)9-14(21)10-20-6-4-5-7-20/h13-15H,4-12H2,1-3H3/t14-,15-/m0/s1. The predicted octanol–water partition coefficient (Wildman–Crippen LogP) is 1.95. The highest BCUT2D eigenvalue weighted by Crippen LogP contribution is 2.24. The summed E-state index contributed by atoms with van der Waals surface area (Å²) in [5, 5.41) is 4.11. The van der Waals surface area contributed by atoms with Gasteiger partial charge in [0.15, 0.2) is 5.82 Å². The van der Waals surface area contributed by atoms with Crippen LogP contribution in [0.2, 0.25) is 0 Å². The topological polar surface area (TPSA) is 54.6 Å². The van der Waals surface area contributed by atoms with Gasteiger partial charge in [-0.15, -0.1) is 0 Å². The molecule has 0 unspecified atom stereocenters. The second-order valence-corrected chi connectivity index (χ2v) is 7.39. The molecule has 130 valence electrons. The van der Waals surface area contributed by atoms with Crippen molar-refractivity contribution < 1.29 is 9.26 Å². The van der Waals surface area contributed by atoms with Crippen LogP contribution in [0.15, 0.2) is 4.52 Å². The van der Waals surface area contributed by atoms with Gasteiger partial charge in [-0.3, -0.25) is 4.90 Å². The number of ether oxygens (including phenoxy) is 1. The molecule has 3 heterocycles.